The fraction of sp³-hybridized carbons (Fsp3) is 0.632. The lowest BCUT2D eigenvalue weighted by molar-refractivity contribution is 0.0315. The number of imidazole rings is 1. The van der Waals surface area contributed by atoms with Crippen LogP contribution in [0.1, 0.15) is 40.0 Å². The summed E-state index contributed by atoms with van der Waals surface area (Å²) in [6.45, 7) is 8.36. The molecule has 1 fully saturated rings. The van der Waals surface area contributed by atoms with Gasteiger partial charge in [-0.25, -0.2) is 13.4 Å². The second kappa shape index (κ2) is 8.94. The predicted molar refractivity (Wildman–Crippen MR) is 110 cm³/mol. The summed E-state index contributed by atoms with van der Waals surface area (Å²) in [6, 6.07) is 5.28. The van der Waals surface area contributed by atoms with Crippen LogP contribution in [0.25, 0.3) is 11.0 Å². The third-order valence-corrected chi connectivity index (χ3v) is 8.17. The van der Waals surface area contributed by atoms with Crippen molar-refractivity contribution in [2.75, 3.05) is 25.4 Å². The summed E-state index contributed by atoms with van der Waals surface area (Å²) < 4.78 is 35.0. The highest BCUT2D eigenvalue weighted by molar-refractivity contribution is 7.99. The number of hydrogen-bond acceptors (Lipinski definition) is 5. The number of benzene rings is 1. The summed E-state index contributed by atoms with van der Waals surface area (Å²) >= 11 is 1.70. The average molecular weight is 412 g/mol. The summed E-state index contributed by atoms with van der Waals surface area (Å²) in [7, 11) is -3.48. The molecule has 0 saturated carbocycles. The van der Waals surface area contributed by atoms with Crippen molar-refractivity contribution in [3.05, 3.63) is 18.2 Å². The van der Waals surface area contributed by atoms with E-state index >= 15 is 0 Å². The van der Waals surface area contributed by atoms with Crippen LogP contribution in [0.15, 0.2) is 28.3 Å². The molecular weight excluding hydrogens is 382 g/mol. The molecule has 150 valence electrons. The smallest absolute Gasteiger partial charge is 0.243 e. The molecular formula is C19H29N3O3S2. The SMILES string of the molecule is CCN(CC)S(=O)(=O)c1ccc2c(c1)nc(SCC1CCCCO1)n2CC. The van der Waals surface area contributed by atoms with E-state index in [-0.39, 0.29) is 6.10 Å². The van der Waals surface area contributed by atoms with Crippen LogP contribution in [0.4, 0.5) is 0 Å². The predicted octanol–water partition coefficient (Wildman–Crippen LogP) is 3.75. The lowest BCUT2D eigenvalue weighted by Gasteiger charge is -2.21. The molecule has 27 heavy (non-hydrogen) atoms. The Balaban J connectivity index is 1.88. The fourth-order valence-corrected chi connectivity index (χ4v) is 6.11. The van der Waals surface area contributed by atoms with Crippen molar-refractivity contribution in [3.63, 3.8) is 0 Å². The van der Waals surface area contributed by atoms with Crippen LogP contribution >= 0.6 is 11.8 Å². The molecule has 0 aliphatic carbocycles. The Bertz CT molecular complexity index is 870. The number of ether oxygens (including phenoxy) is 1. The first kappa shape index (κ1) is 20.6. The van der Waals surface area contributed by atoms with Crippen LogP contribution in [0.3, 0.4) is 0 Å². The molecule has 1 aromatic carbocycles. The van der Waals surface area contributed by atoms with E-state index in [1.807, 2.05) is 19.9 Å². The zero-order valence-electron chi connectivity index (χ0n) is 16.3. The van der Waals surface area contributed by atoms with Gasteiger partial charge in [-0.3, -0.25) is 0 Å². The van der Waals surface area contributed by atoms with Gasteiger partial charge in [-0.15, -0.1) is 0 Å². The van der Waals surface area contributed by atoms with E-state index in [2.05, 4.69) is 11.5 Å². The maximum absolute atomic E-state index is 12.8. The van der Waals surface area contributed by atoms with Crippen LogP contribution in [-0.2, 0) is 21.3 Å². The van der Waals surface area contributed by atoms with Gasteiger partial charge in [-0.1, -0.05) is 25.6 Å². The van der Waals surface area contributed by atoms with Gasteiger partial charge in [0.25, 0.3) is 0 Å². The zero-order valence-corrected chi connectivity index (χ0v) is 18.0. The van der Waals surface area contributed by atoms with E-state index in [9.17, 15) is 8.42 Å². The molecule has 1 atom stereocenters. The fourth-order valence-electron chi connectivity index (χ4n) is 3.48. The average Bonchev–Trinajstić information content (AvgIpc) is 3.04. The molecule has 1 aliphatic rings. The molecule has 1 unspecified atom stereocenters. The Kier molecular flexibility index (Phi) is 6.83. The van der Waals surface area contributed by atoms with Gasteiger partial charge < -0.3 is 9.30 Å². The Labute approximate surface area is 166 Å². The molecule has 0 bridgehead atoms. The van der Waals surface area contributed by atoms with Gasteiger partial charge in [0.15, 0.2) is 5.16 Å². The lowest BCUT2D eigenvalue weighted by atomic mass is 10.1. The largest absolute Gasteiger partial charge is 0.377 e. The molecule has 0 amide bonds. The van der Waals surface area contributed by atoms with Crippen molar-refractivity contribution in [2.24, 2.45) is 0 Å². The number of thioether (sulfide) groups is 1. The van der Waals surface area contributed by atoms with E-state index in [0.29, 0.717) is 18.0 Å². The number of sulfonamides is 1. The van der Waals surface area contributed by atoms with Crippen LogP contribution < -0.4 is 0 Å². The molecule has 0 N–H and O–H groups in total. The number of fused-ring (bicyclic) bond motifs is 1. The molecule has 1 saturated heterocycles. The number of rotatable bonds is 8. The molecule has 6 nitrogen and oxygen atoms in total. The highest BCUT2D eigenvalue weighted by Crippen LogP contribution is 2.29. The van der Waals surface area contributed by atoms with E-state index in [0.717, 1.165) is 47.9 Å². The van der Waals surface area contributed by atoms with Crippen molar-refractivity contribution in [1.29, 1.82) is 0 Å². The normalized spacial score (nSPS) is 18.4. The maximum Gasteiger partial charge on any atom is 0.243 e. The molecule has 1 aliphatic heterocycles. The molecule has 0 radical (unpaired) electrons. The Morgan fingerprint density at radius 3 is 2.67 bits per heavy atom. The summed E-state index contributed by atoms with van der Waals surface area (Å²) in [5, 5.41) is 0.930. The van der Waals surface area contributed by atoms with Gasteiger partial charge in [0.05, 0.1) is 22.0 Å². The minimum absolute atomic E-state index is 0.285. The molecule has 1 aromatic heterocycles. The molecule has 2 heterocycles. The van der Waals surface area contributed by atoms with Crippen LogP contribution in [0.2, 0.25) is 0 Å². The standard InChI is InChI=1S/C19H29N3O3S2/c1-4-21(5-2)27(23,24)16-10-11-18-17(13-16)20-19(22(18)6-3)26-14-15-9-7-8-12-25-15/h10-11,13,15H,4-9,12,14H2,1-3H3. The zero-order chi connectivity index (χ0) is 19.4. The third kappa shape index (κ3) is 4.34. The van der Waals surface area contributed by atoms with E-state index in [4.69, 9.17) is 9.72 Å². The molecule has 3 rings (SSSR count). The number of aromatic nitrogens is 2. The van der Waals surface area contributed by atoms with Crippen molar-refractivity contribution >= 4 is 32.8 Å². The van der Waals surface area contributed by atoms with Crippen molar-refractivity contribution < 1.29 is 13.2 Å². The van der Waals surface area contributed by atoms with E-state index in [1.54, 1.807) is 23.9 Å². The summed E-state index contributed by atoms with van der Waals surface area (Å²) in [6.07, 6.45) is 3.76. The summed E-state index contributed by atoms with van der Waals surface area (Å²) in [5.41, 5.74) is 1.71. The maximum atomic E-state index is 12.8. The summed E-state index contributed by atoms with van der Waals surface area (Å²) in [5.74, 6) is 0.883. The monoisotopic (exact) mass is 411 g/mol. The van der Waals surface area contributed by atoms with Crippen molar-refractivity contribution in [2.45, 2.75) is 62.7 Å². The Morgan fingerprint density at radius 2 is 2.04 bits per heavy atom. The minimum atomic E-state index is -3.48. The second-order valence-corrected chi connectivity index (χ2v) is 9.60. The third-order valence-electron chi connectivity index (χ3n) is 5.02. The first-order valence-corrected chi connectivity index (χ1v) is 12.2. The van der Waals surface area contributed by atoms with Gasteiger partial charge >= 0.3 is 0 Å². The van der Waals surface area contributed by atoms with Gasteiger partial charge in [-0.2, -0.15) is 4.31 Å². The molecule has 2 aromatic rings. The Morgan fingerprint density at radius 1 is 1.26 bits per heavy atom. The van der Waals surface area contributed by atoms with Gasteiger partial charge in [0.2, 0.25) is 10.0 Å². The van der Waals surface area contributed by atoms with E-state index in [1.165, 1.54) is 10.7 Å². The minimum Gasteiger partial charge on any atom is -0.377 e. The second-order valence-electron chi connectivity index (χ2n) is 6.68. The Hall–Kier alpha value is -1.09. The van der Waals surface area contributed by atoms with Crippen LogP contribution in [0.5, 0.6) is 0 Å². The quantitative estimate of drug-likeness (QED) is 0.619. The van der Waals surface area contributed by atoms with Crippen LogP contribution in [-0.4, -0.2) is 53.8 Å². The number of aryl methyl sites for hydroxylation is 1. The summed E-state index contributed by atoms with van der Waals surface area (Å²) in [4.78, 5) is 5.05. The number of nitrogens with zero attached hydrogens (tertiary/aromatic N) is 3. The van der Waals surface area contributed by atoms with Crippen molar-refractivity contribution in [3.8, 4) is 0 Å². The van der Waals surface area contributed by atoms with Gasteiger partial charge in [0, 0.05) is 32.0 Å². The lowest BCUT2D eigenvalue weighted by Crippen LogP contribution is -2.30. The van der Waals surface area contributed by atoms with Crippen molar-refractivity contribution in [1.82, 2.24) is 13.9 Å². The van der Waals surface area contributed by atoms with Crippen LogP contribution in [0, 0.1) is 0 Å². The van der Waals surface area contributed by atoms with Gasteiger partial charge in [-0.05, 0) is 44.4 Å². The van der Waals surface area contributed by atoms with Gasteiger partial charge in [0.1, 0.15) is 0 Å². The molecule has 8 heteroatoms. The topological polar surface area (TPSA) is 64.4 Å². The highest BCUT2D eigenvalue weighted by atomic mass is 32.2. The number of hydrogen-bond donors (Lipinski definition) is 0. The highest BCUT2D eigenvalue weighted by Gasteiger charge is 2.23. The molecule has 0 spiro atoms. The first-order chi connectivity index (χ1) is 13.0. The van der Waals surface area contributed by atoms with E-state index < -0.39 is 10.0 Å². The first-order valence-electron chi connectivity index (χ1n) is 9.76.